The smallest absolute Gasteiger partial charge is 0.226 e. The topological polar surface area (TPSA) is 34.1 Å². The molecule has 140 valence electrons. The van der Waals surface area contributed by atoms with E-state index in [1.807, 2.05) is 62.4 Å². The standard InChI is InChI=1S/C23H31O2P/c1-17(15-23(4,5)6)16-26(25,20-13-8-7-9-14-20)22(24)21-18(2)11-10-12-19(21)3/h7-14,17H,15-16H2,1-6H3. The van der Waals surface area contributed by atoms with Gasteiger partial charge >= 0.3 is 0 Å². The average molecular weight is 370 g/mol. The van der Waals surface area contributed by atoms with Crippen LogP contribution in [-0.4, -0.2) is 11.7 Å². The Labute approximate surface area is 158 Å². The lowest BCUT2D eigenvalue weighted by Gasteiger charge is -2.27. The van der Waals surface area contributed by atoms with Gasteiger partial charge in [0.15, 0.2) is 7.14 Å². The van der Waals surface area contributed by atoms with Crippen LogP contribution in [0.2, 0.25) is 0 Å². The van der Waals surface area contributed by atoms with Gasteiger partial charge < -0.3 is 4.57 Å². The van der Waals surface area contributed by atoms with Crippen molar-refractivity contribution in [3.8, 4) is 0 Å². The summed E-state index contributed by atoms with van der Waals surface area (Å²) in [5.41, 5.74) is 2.37. The minimum Gasteiger partial charge on any atom is -0.310 e. The SMILES string of the molecule is Cc1cccc(C)c1C(=O)P(=O)(CC(C)CC(C)(C)C)c1ccccc1. The fourth-order valence-corrected chi connectivity index (χ4v) is 6.84. The molecule has 0 aliphatic heterocycles. The van der Waals surface area contributed by atoms with Crippen LogP contribution in [0.1, 0.15) is 55.6 Å². The van der Waals surface area contributed by atoms with Crippen LogP contribution in [0.25, 0.3) is 0 Å². The molecule has 2 aromatic carbocycles. The number of benzene rings is 2. The lowest BCUT2D eigenvalue weighted by molar-refractivity contribution is 0.107. The summed E-state index contributed by atoms with van der Waals surface area (Å²) in [5.74, 6) is 0.203. The zero-order chi connectivity index (χ0) is 19.5. The van der Waals surface area contributed by atoms with E-state index in [1.54, 1.807) is 0 Å². The van der Waals surface area contributed by atoms with Crippen LogP contribution >= 0.6 is 7.14 Å². The quantitative estimate of drug-likeness (QED) is 0.567. The van der Waals surface area contributed by atoms with Gasteiger partial charge in [0.2, 0.25) is 5.52 Å². The molecule has 0 heterocycles. The molecule has 0 aromatic heterocycles. The summed E-state index contributed by atoms with van der Waals surface area (Å²) in [5, 5.41) is 0.674. The highest BCUT2D eigenvalue weighted by atomic mass is 31.2. The van der Waals surface area contributed by atoms with E-state index < -0.39 is 7.14 Å². The highest BCUT2D eigenvalue weighted by molar-refractivity contribution is 7.87. The van der Waals surface area contributed by atoms with E-state index in [0.717, 1.165) is 17.5 Å². The van der Waals surface area contributed by atoms with E-state index in [0.29, 0.717) is 17.0 Å². The van der Waals surface area contributed by atoms with Crippen LogP contribution in [0.15, 0.2) is 48.5 Å². The highest BCUT2D eigenvalue weighted by Crippen LogP contribution is 2.51. The van der Waals surface area contributed by atoms with E-state index in [-0.39, 0.29) is 16.9 Å². The Hall–Kier alpha value is -1.66. The minimum absolute atomic E-state index is 0.141. The summed E-state index contributed by atoms with van der Waals surface area (Å²) in [6.45, 7) is 12.5. The van der Waals surface area contributed by atoms with Crippen LogP contribution < -0.4 is 5.30 Å². The van der Waals surface area contributed by atoms with Crippen LogP contribution in [0.5, 0.6) is 0 Å². The second-order valence-electron chi connectivity index (χ2n) is 8.70. The number of hydrogen-bond donors (Lipinski definition) is 0. The molecule has 0 aliphatic carbocycles. The van der Waals surface area contributed by atoms with Gasteiger partial charge in [-0.2, -0.15) is 0 Å². The Morgan fingerprint density at radius 1 is 0.962 bits per heavy atom. The van der Waals surface area contributed by atoms with Gasteiger partial charge in [0, 0.05) is 17.0 Å². The van der Waals surface area contributed by atoms with Gasteiger partial charge in [0.05, 0.1) is 0 Å². The second kappa shape index (κ2) is 7.92. The summed E-state index contributed by atoms with van der Waals surface area (Å²) in [6, 6.07) is 15.1. The van der Waals surface area contributed by atoms with E-state index >= 15 is 0 Å². The van der Waals surface area contributed by atoms with E-state index in [9.17, 15) is 9.36 Å². The van der Waals surface area contributed by atoms with Gasteiger partial charge in [0.1, 0.15) is 0 Å². The van der Waals surface area contributed by atoms with Gasteiger partial charge in [-0.05, 0) is 42.7 Å². The summed E-state index contributed by atoms with van der Waals surface area (Å²) in [6.07, 6.45) is 1.35. The summed E-state index contributed by atoms with van der Waals surface area (Å²) in [4.78, 5) is 13.5. The molecule has 0 saturated carbocycles. The van der Waals surface area contributed by atoms with Gasteiger partial charge in [0.25, 0.3) is 0 Å². The van der Waals surface area contributed by atoms with E-state index in [2.05, 4.69) is 27.7 Å². The van der Waals surface area contributed by atoms with Gasteiger partial charge in [-0.1, -0.05) is 76.2 Å². The molecule has 26 heavy (non-hydrogen) atoms. The van der Waals surface area contributed by atoms with Gasteiger partial charge in [-0.15, -0.1) is 0 Å². The van der Waals surface area contributed by atoms with Crippen LogP contribution in [0, 0.1) is 25.2 Å². The normalized spacial score (nSPS) is 15.3. The first-order chi connectivity index (χ1) is 12.0. The maximum absolute atomic E-state index is 14.2. The molecule has 0 spiro atoms. The fourth-order valence-electron chi connectivity index (χ4n) is 3.86. The Balaban J connectivity index is 2.51. The summed E-state index contributed by atoms with van der Waals surface area (Å²) in [7, 11) is -3.22. The lowest BCUT2D eigenvalue weighted by Crippen LogP contribution is -2.22. The summed E-state index contributed by atoms with van der Waals surface area (Å²) < 4.78 is 14.2. The predicted molar refractivity (Wildman–Crippen MR) is 112 cm³/mol. The van der Waals surface area contributed by atoms with E-state index in [1.165, 1.54) is 0 Å². The maximum atomic E-state index is 14.2. The van der Waals surface area contributed by atoms with Crippen LogP contribution in [0.3, 0.4) is 0 Å². The third-order valence-corrected chi connectivity index (χ3v) is 7.88. The van der Waals surface area contributed by atoms with Crippen LogP contribution in [-0.2, 0) is 4.57 Å². The second-order valence-corrected chi connectivity index (χ2v) is 11.5. The Morgan fingerprint density at radius 3 is 2.00 bits per heavy atom. The zero-order valence-corrected chi connectivity index (χ0v) is 17.8. The van der Waals surface area contributed by atoms with E-state index in [4.69, 9.17) is 0 Å². The Kier molecular flexibility index (Phi) is 6.29. The van der Waals surface area contributed by atoms with Crippen molar-refractivity contribution in [3.05, 3.63) is 65.2 Å². The molecule has 2 unspecified atom stereocenters. The van der Waals surface area contributed by atoms with Crippen LogP contribution in [0.4, 0.5) is 0 Å². The number of rotatable bonds is 6. The summed E-state index contributed by atoms with van der Waals surface area (Å²) >= 11 is 0. The monoisotopic (exact) mass is 370 g/mol. The number of carbonyl (C=O) groups excluding carboxylic acids is 1. The molecule has 0 aliphatic rings. The fraction of sp³-hybridized carbons (Fsp3) is 0.435. The molecular weight excluding hydrogens is 339 g/mol. The minimum atomic E-state index is -3.22. The first kappa shape index (κ1) is 20.6. The molecule has 2 rings (SSSR count). The molecule has 0 saturated heterocycles. The zero-order valence-electron chi connectivity index (χ0n) is 16.9. The van der Waals surface area contributed by atoms with Gasteiger partial charge in [-0.25, -0.2) is 0 Å². The molecule has 2 aromatic rings. The first-order valence-corrected chi connectivity index (χ1v) is 11.2. The average Bonchev–Trinajstić information content (AvgIpc) is 2.53. The number of aryl methyl sites for hydroxylation is 2. The Morgan fingerprint density at radius 2 is 1.50 bits per heavy atom. The van der Waals surface area contributed by atoms with Crippen molar-refractivity contribution < 1.29 is 9.36 Å². The third kappa shape index (κ3) is 4.74. The number of carbonyl (C=O) groups is 1. The highest BCUT2D eigenvalue weighted by Gasteiger charge is 2.37. The third-order valence-electron chi connectivity index (χ3n) is 4.73. The molecule has 0 radical (unpaired) electrons. The molecule has 0 bridgehead atoms. The van der Waals surface area contributed by atoms with Crippen molar-refractivity contribution in [2.45, 2.75) is 48.0 Å². The van der Waals surface area contributed by atoms with Crippen molar-refractivity contribution in [1.82, 2.24) is 0 Å². The van der Waals surface area contributed by atoms with Crippen molar-refractivity contribution in [2.24, 2.45) is 11.3 Å². The molecule has 3 heteroatoms. The van der Waals surface area contributed by atoms with Crippen molar-refractivity contribution in [3.63, 3.8) is 0 Å². The largest absolute Gasteiger partial charge is 0.310 e. The molecular formula is C23H31O2P. The number of hydrogen-bond acceptors (Lipinski definition) is 2. The van der Waals surface area contributed by atoms with Gasteiger partial charge in [-0.3, -0.25) is 4.79 Å². The predicted octanol–water partition coefficient (Wildman–Crippen LogP) is 6.20. The Bertz CT molecular complexity index is 796. The van der Waals surface area contributed by atoms with Crippen molar-refractivity contribution in [2.75, 3.05) is 6.16 Å². The molecule has 2 nitrogen and oxygen atoms in total. The van der Waals surface area contributed by atoms with Crippen molar-refractivity contribution >= 4 is 18.0 Å². The maximum Gasteiger partial charge on any atom is 0.226 e. The molecule has 0 fully saturated rings. The lowest BCUT2D eigenvalue weighted by atomic mass is 9.86. The molecule has 0 amide bonds. The molecule has 0 N–H and O–H groups in total. The first-order valence-electron chi connectivity index (χ1n) is 9.30. The molecule has 2 atom stereocenters. The van der Waals surface area contributed by atoms with Crippen molar-refractivity contribution in [1.29, 1.82) is 0 Å².